The van der Waals surface area contributed by atoms with E-state index in [0.29, 0.717) is 5.75 Å². The average molecular weight is 207 g/mol. The van der Waals surface area contributed by atoms with Crippen LogP contribution >= 0.6 is 0 Å². The van der Waals surface area contributed by atoms with Crippen molar-refractivity contribution in [3.05, 3.63) is 29.8 Å². The quantitative estimate of drug-likeness (QED) is 0.755. The predicted molar refractivity (Wildman–Crippen MR) is 59.9 cm³/mol. The Bertz CT molecular complexity index is 306. The smallest absolute Gasteiger partial charge is 0.409 e. The maximum absolute atomic E-state index is 10.5. The number of benzene rings is 1. The molecule has 0 radical (unpaired) electrons. The van der Waals surface area contributed by atoms with Crippen LogP contribution in [0.2, 0.25) is 0 Å². The van der Waals surface area contributed by atoms with E-state index in [1.807, 2.05) is 12.1 Å². The van der Waals surface area contributed by atoms with Crippen molar-refractivity contribution in [1.82, 2.24) is 0 Å². The highest BCUT2D eigenvalue weighted by Gasteiger charge is 1.98. The van der Waals surface area contributed by atoms with Crippen LogP contribution < -0.4 is 10.5 Å². The van der Waals surface area contributed by atoms with Gasteiger partial charge >= 0.3 is 6.09 Å². The van der Waals surface area contributed by atoms with Crippen LogP contribution in [0.1, 0.15) is 31.7 Å². The van der Waals surface area contributed by atoms with Gasteiger partial charge in [0, 0.05) is 0 Å². The second-order valence-electron chi connectivity index (χ2n) is 3.52. The van der Waals surface area contributed by atoms with E-state index in [9.17, 15) is 4.79 Å². The lowest BCUT2D eigenvalue weighted by atomic mass is 10.1. The van der Waals surface area contributed by atoms with Crippen LogP contribution in [0.5, 0.6) is 5.75 Å². The van der Waals surface area contributed by atoms with Crippen LogP contribution in [0, 0.1) is 0 Å². The van der Waals surface area contributed by atoms with Crippen molar-refractivity contribution in [1.29, 1.82) is 0 Å². The molecule has 0 spiro atoms. The predicted octanol–water partition coefficient (Wildman–Crippen LogP) is 2.88. The number of primary amides is 1. The van der Waals surface area contributed by atoms with Crippen LogP contribution in [0.3, 0.4) is 0 Å². The van der Waals surface area contributed by atoms with Gasteiger partial charge in [-0.25, -0.2) is 4.79 Å². The van der Waals surface area contributed by atoms with Gasteiger partial charge in [-0.15, -0.1) is 0 Å². The third kappa shape index (κ3) is 4.49. The van der Waals surface area contributed by atoms with Crippen molar-refractivity contribution in [3.63, 3.8) is 0 Å². The van der Waals surface area contributed by atoms with Crippen molar-refractivity contribution < 1.29 is 9.53 Å². The minimum Gasteiger partial charge on any atom is -0.411 e. The van der Waals surface area contributed by atoms with Crippen LogP contribution in [-0.4, -0.2) is 6.09 Å². The lowest BCUT2D eigenvalue weighted by molar-refractivity contribution is 0.211. The first-order chi connectivity index (χ1) is 7.22. The summed E-state index contributed by atoms with van der Waals surface area (Å²) in [5, 5.41) is 0. The maximum atomic E-state index is 10.5. The lowest BCUT2D eigenvalue weighted by Gasteiger charge is -2.03. The fourth-order valence-corrected chi connectivity index (χ4v) is 1.42. The second kappa shape index (κ2) is 6.06. The third-order valence-electron chi connectivity index (χ3n) is 2.21. The topological polar surface area (TPSA) is 52.3 Å². The van der Waals surface area contributed by atoms with E-state index in [4.69, 9.17) is 10.5 Å². The van der Waals surface area contributed by atoms with E-state index in [0.717, 1.165) is 6.42 Å². The monoisotopic (exact) mass is 207 g/mol. The molecule has 1 aromatic rings. The maximum Gasteiger partial charge on any atom is 0.409 e. The van der Waals surface area contributed by atoms with Crippen LogP contribution in [0.15, 0.2) is 24.3 Å². The number of hydrogen-bond acceptors (Lipinski definition) is 2. The molecule has 0 unspecified atom stereocenters. The lowest BCUT2D eigenvalue weighted by Crippen LogP contribution is -2.16. The molecule has 2 N–H and O–H groups in total. The molecule has 0 aliphatic heterocycles. The Labute approximate surface area is 90.2 Å². The summed E-state index contributed by atoms with van der Waals surface area (Å²) in [5.74, 6) is 0.502. The van der Waals surface area contributed by atoms with E-state index in [2.05, 4.69) is 6.92 Å². The number of amides is 1. The van der Waals surface area contributed by atoms with Gasteiger partial charge in [-0.3, -0.25) is 0 Å². The number of hydrogen-bond donors (Lipinski definition) is 1. The first-order valence-corrected chi connectivity index (χ1v) is 5.28. The number of ether oxygens (including phenoxy) is 1. The Morgan fingerprint density at radius 3 is 2.47 bits per heavy atom. The molecule has 0 heterocycles. The van der Waals surface area contributed by atoms with Gasteiger partial charge in [-0.2, -0.15) is 0 Å². The normalized spacial score (nSPS) is 9.93. The van der Waals surface area contributed by atoms with Gasteiger partial charge in [-0.1, -0.05) is 31.9 Å². The Morgan fingerprint density at radius 1 is 1.27 bits per heavy atom. The molecule has 1 rings (SSSR count). The molecule has 1 amide bonds. The van der Waals surface area contributed by atoms with Crippen LogP contribution in [0.25, 0.3) is 0 Å². The highest BCUT2D eigenvalue weighted by Crippen LogP contribution is 2.14. The molecular weight excluding hydrogens is 190 g/mol. The molecule has 0 aliphatic carbocycles. The highest BCUT2D eigenvalue weighted by molar-refractivity contribution is 5.67. The first-order valence-electron chi connectivity index (χ1n) is 5.28. The number of unbranched alkanes of at least 4 members (excludes halogenated alkanes) is 2. The zero-order chi connectivity index (χ0) is 11.1. The molecule has 0 bridgehead atoms. The van der Waals surface area contributed by atoms with E-state index in [-0.39, 0.29) is 0 Å². The molecule has 0 aromatic heterocycles. The molecule has 0 saturated heterocycles. The molecular formula is C12H17NO2. The largest absolute Gasteiger partial charge is 0.411 e. The van der Waals surface area contributed by atoms with Crippen LogP contribution in [0.4, 0.5) is 4.79 Å². The Morgan fingerprint density at radius 2 is 1.93 bits per heavy atom. The van der Waals surface area contributed by atoms with Gasteiger partial charge < -0.3 is 10.5 Å². The Balaban J connectivity index is 2.45. The summed E-state index contributed by atoms with van der Waals surface area (Å²) in [6.07, 6.45) is 3.98. The summed E-state index contributed by atoms with van der Waals surface area (Å²) in [5.41, 5.74) is 6.16. The van der Waals surface area contributed by atoms with Crippen molar-refractivity contribution >= 4 is 6.09 Å². The number of nitrogens with two attached hydrogens (primary N) is 1. The van der Waals surface area contributed by atoms with Gasteiger partial charge in [0.15, 0.2) is 0 Å². The van der Waals surface area contributed by atoms with Gasteiger partial charge in [-0.05, 0) is 30.5 Å². The van der Waals surface area contributed by atoms with E-state index in [1.165, 1.54) is 24.8 Å². The molecule has 3 nitrogen and oxygen atoms in total. The van der Waals surface area contributed by atoms with Gasteiger partial charge in [0.05, 0.1) is 0 Å². The number of aryl methyl sites for hydroxylation is 1. The van der Waals surface area contributed by atoms with Crippen molar-refractivity contribution in [3.8, 4) is 5.75 Å². The average Bonchev–Trinajstić information content (AvgIpc) is 2.20. The summed E-state index contributed by atoms with van der Waals surface area (Å²) in [4.78, 5) is 10.5. The molecule has 0 fully saturated rings. The molecule has 3 heteroatoms. The molecule has 15 heavy (non-hydrogen) atoms. The molecule has 82 valence electrons. The molecule has 0 atom stereocenters. The van der Waals surface area contributed by atoms with E-state index < -0.39 is 6.09 Å². The second-order valence-corrected chi connectivity index (χ2v) is 3.52. The van der Waals surface area contributed by atoms with E-state index in [1.54, 1.807) is 12.1 Å². The van der Waals surface area contributed by atoms with Gasteiger partial charge in [0.1, 0.15) is 5.75 Å². The first kappa shape index (κ1) is 11.6. The zero-order valence-electron chi connectivity index (χ0n) is 9.03. The third-order valence-corrected chi connectivity index (χ3v) is 2.21. The summed E-state index contributed by atoms with van der Waals surface area (Å²) >= 11 is 0. The fourth-order valence-electron chi connectivity index (χ4n) is 1.42. The molecule has 1 aromatic carbocycles. The Kier molecular flexibility index (Phi) is 4.68. The standard InChI is InChI=1S/C12H17NO2/c1-2-3-4-5-10-6-8-11(9-7-10)15-12(13)14/h6-9H,2-5H2,1H3,(H2,13,14). The zero-order valence-corrected chi connectivity index (χ0v) is 9.03. The number of rotatable bonds is 5. The van der Waals surface area contributed by atoms with Crippen LogP contribution in [-0.2, 0) is 6.42 Å². The summed E-state index contributed by atoms with van der Waals surface area (Å²) in [7, 11) is 0. The summed E-state index contributed by atoms with van der Waals surface area (Å²) in [6, 6.07) is 7.47. The van der Waals surface area contributed by atoms with Crippen molar-refractivity contribution in [2.24, 2.45) is 5.73 Å². The van der Waals surface area contributed by atoms with Crippen molar-refractivity contribution in [2.75, 3.05) is 0 Å². The summed E-state index contributed by atoms with van der Waals surface area (Å²) < 4.78 is 4.73. The summed E-state index contributed by atoms with van der Waals surface area (Å²) in [6.45, 7) is 2.18. The minimum absolute atomic E-state index is 0.502. The fraction of sp³-hybridized carbons (Fsp3) is 0.417. The molecule has 0 saturated carbocycles. The highest BCUT2D eigenvalue weighted by atomic mass is 16.5. The SMILES string of the molecule is CCCCCc1ccc(OC(N)=O)cc1. The molecule has 0 aliphatic rings. The van der Waals surface area contributed by atoms with E-state index >= 15 is 0 Å². The minimum atomic E-state index is -0.770. The Hall–Kier alpha value is -1.51. The van der Waals surface area contributed by atoms with Gasteiger partial charge in [0.25, 0.3) is 0 Å². The number of carbonyl (C=O) groups is 1. The van der Waals surface area contributed by atoms with Crippen molar-refractivity contribution in [2.45, 2.75) is 32.6 Å². The number of carbonyl (C=O) groups excluding carboxylic acids is 1. The van der Waals surface area contributed by atoms with Gasteiger partial charge in [0.2, 0.25) is 0 Å².